The van der Waals surface area contributed by atoms with Crippen LogP contribution in [0.25, 0.3) is 0 Å². The Bertz CT molecular complexity index is 839. The summed E-state index contributed by atoms with van der Waals surface area (Å²) in [6.07, 6.45) is 0.714. The molecule has 0 aromatic heterocycles. The Hall–Kier alpha value is -2.98. The molecule has 1 aliphatic rings. The van der Waals surface area contributed by atoms with Gasteiger partial charge in [0.25, 0.3) is 0 Å². The molecule has 1 heterocycles. The third kappa shape index (κ3) is 8.42. The van der Waals surface area contributed by atoms with Crippen LogP contribution in [0, 0.1) is 5.92 Å². The molecule has 1 aliphatic heterocycles. The standard InChI is InChI=1S/C24H36N4O6/c1-14(2)12-18(23(32)28-20(15(3)29)24(33)34)26-22(31)19(13-16-8-5-4-6-9-16)27-21(30)17-10-7-11-25-17/h4-6,8-9,14-15,17-20,25,29H,7,10-13H2,1-3H3,(H,26,31)(H,27,30)(H,28,32)(H,33,34). The molecular formula is C24H36N4O6. The van der Waals surface area contributed by atoms with Crippen LogP contribution in [-0.4, -0.2) is 70.7 Å². The lowest BCUT2D eigenvalue weighted by molar-refractivity contribution is -0.145. The number of carbonyl (C=O) groups excluding carboxylic acids is 3. The second-order valence-electron chi connectivity index (χ2n) is 9.16. The highest BCUT2D eigenvalue weighted by Gasteiger charge is 2.33. The van der Waals surface area contributed by atoms with E-state index in [-0.39, 0.29) is 30.7 Å². The Balaban J connectivity index is 2.18. The molecule has 10 heteroatoms. The van der Waals surface area contributed by atoms with Gasteiger partial charge in [-0.05, 0) is 44.2 Å². The fraction of sp³-hybridized carbons (Fsp3) is 0.583. The Kier molecular flexibility index (Phi) is 10.5. The minimum absolute atomic E-state index is 0.00994. The summed E-state index contributed by atoms with van der Waals surface area (Å²) in [4.78, 5) is 50.2. The molecule has 1 aromatic carbocycles. The number of hydrogen-bond acceptors (Lipinski definition) is 6. The van der Waals surface area contributed by atoms with E-state index in [4.69, 9.17) is 0 Å². The summed E-state index contributed by atoms with van der Waals surface area (Å²) in [5.74, 6) is -2.90. The Morgan fingerprint density at radius 1 is 1.00 bits per heavy atom. The van der Waals surface area contributed by atoms with Gasteiger partial charge in [0.2, 0.25) is 17.7 Å². The van der Waals surface area contributed by atoms with E-state index in [1.54, 1.807) is 0 Å². The second kappa shape index (κ2) is 13.0. The Labute approximate surface area is 199 Å². The first-order chi connectivity index (χ1) is 16.1. The van der Waals surface area contributed by atoms with E-state index >= 15 is 0 Å². The van der Waals surface area contributed by atoms with Crippen molar-refractivity contribution in [2.75, 3.05) is 6.54 Å². The lowest BCUT2D eigenvalue weighted by atomic mass is 10.00. The van der Waals surface area contributed by atoms with Crippen LogP contribution in [-0.2, 0) is 25.6 Å². The summed E-state index contributed by atoms with van der Waals surface area (Å²) >= 11 is 0. The highest BCUT2D eigenvalue weighted by molar-refractivity contribution is 5.94. The molecule has 3 amide bonds. The molecule has 1 aromatic rings. The monoisotopic (exact) mass is 476 g/mol. The lowest BCUT2D eigenvalue weighted by Crippen LogP contribution is -2.58. The minimum atomic E-state index is -1.51. The van der Waals surface area contributed by atoms with Crippen molar-refractivity contribution in [3.8, 4) is 0 Å². The molecule has 1 saturated heterocycles. The first-order valence-corrected chi connectivity index (χ1v) is 11.7. The molecule has 10 nitrogen and oxygen atoms in total. The van der Waals surface area contributed by atoms with Crippen molar-refractivity contribution >= 4 is 23.7 Å². The van der Waals surface area contributed by atoms with E-state index in [1.807, 2.05) is 44.2 Å². The normalized spacial score (nSPS) is 19.0. The maximum absolute atomic E-state index is 13.3. The second-order valence-corrected chi connectivity index (χ2v) is 9.16. The molecule has 2 rings (SSSR count). The predicted octanol–water partition coefficient (Wildman–Crippen LogP) is -0.0530. The smallest absolute Gasteiger partial charge is 0.328 e. The van der Waals surface area contributed by atoms with Crippen molar-refractivity contribution in [2.24, 2.45) is 5.92 Å². The van der Waals surface area contributed by atoms with Gasteiger partial charge in [-0.3, -0.25) is 14.4 Å². The van der Waals surface area contributed by atoms with Gasteiger partial charge in [-0.1, -0.05) is 44.2 Å². The Morgan fingerprint density at radius 3 is 2.18 bits per heavy atom. The van der Waals surface area contributed by atoms with E-state index < -0.39 is 42.0 Å². The van der Waals surface area contributed by atoms with Crippen molar-refractivity contribution in [3.63, 3.8) is 0 Å². The number of benzene rings is 1. The number of rotatable bonds is 12. The van der Waals surface area contributed by atoms with Crippen LogP contribution in [0.3, 0.4) is 0 Å². The Morgan fingerprint density at radius 2 is 1.65 bits per heavy atom. The zero-order valence-electron chi connectivity index (χ0n) is 19.9. The fourth-order valence-electron chi connectivity index (χ4n) is 3.86. The van der Waals surface area contributed by atoms with Crippen LogP contribution < -0.4 is 21.3 Å². The highest BCUT2D eigenvalue weighted by Crippen LogP contribution is 2.10. The number of carboxylic acids is 1. The van der Waals surface area contributed by atoms with Gasteiger partial charge in [0, 0.05) is 6.42 Å². The van der Waals surface area contributed by atoms with Gasteiger partial charge in [0.1, 0.15) is 12.1 Å². The van der Waals surface area contributed by atoms with Crippen LogP contribution in [0.2, 0.25) is 0 Å². The molecule has 5 atom stereocenters. The zero-order valence-corrected chi connectivity index (χ0v) is 19.9. The number of carboxylic acid groups (broad SMARTS) is 1. The summed E-state index contributed by atoms with van der Waals surface area (Å²) in [7, 11) is 0. The van der Waals surface area contributed by atoms with Crippen LogP contribution in [0.5, 0.6) is 0 Å². The first kappa shape index (κ1) is 27.3. The van der Waals surface area contributed by atoms with Gasteiger partial charge in [0.15, 0.2) is 6.04 Å². The van der Waals surface area contributed by atoms with Crippen LogP contribution in [0.15, 0.2) is 30.3 Å². The topological polar surface area (TPSA) is 157 Å². The number of aliphatic hydroxyl groups is 1. The van der Waals surface area contributed by atoms with E-state index in [0.29, 0.717) is 6.42 Å². The lowest BCUT2D eigenvalue weighted by Gasteiger charge is -2.26. The number of nitrogens with one attached hydrogen (secondary N) is 4. The molecule has 0 bridgehead atoms. The zero-order chi connectivity index (χ0) is 25.3. The SMILES string of the molecule is CC(C)CC(NC(=O)C(Cc1ccccc1)NC(=O)C1CCCN1)C(=O)NC(C(=O)O)C(C)O. The number of aliphatic hydroxyl groups excluding tert-OH is 1. The van der Waals surface area contributed by atoms with Crippen LogP contribution >= 0.6 is 0 Å². The van der Waals surface area contributed by atoms with Crippen molar-refractivity contribution in [3.05, 3.63) is 35.9 Å². The molecular weight excluding hydrogens is 440 g/mol. The predicted molar refractivity (Wildman–Crippen MR) is 126 cm³/mol. The molecule has 0 saturated carbocycles. The van der Waals surface area contributed by atoms with Gasteiger partial charge >= 0.3 is 5.97 Å². The van der Waals surface area contributed by atoms with Crippen LogP contribution in [0.1, 0.15) is 45.6 Å². The van der Waals surface area contributed by atoms with Gasteiger partial charge in [-0.25, -0.2) is 4.79 Å². The molecule has 34 heavy (non-hydrogen) atoms. The molecule has 1 fully saturated rings. The third-order valence-corrected chi connectivity index (χ3v) is 5.68. The van der Waals surface area contributed by atoms with E-state index in [9.17, 15) is 29.4 Å². The molecule has 0 radical (unpaired) electrons. The summed E-state index contributed by atoms with van der Waals surface area (Å²) < 4.78 is 0. The number of aliphatic carboxylic acids is 1. The van der Waals surface area contributed by atoms with Crippen molar-refractivity contribution in [2.45, 2.75) is 76.7 Å². The van der Waals surface area contributed by atoms with E-state index in [2.05, 4.69) is 21.3 Å². The van der Waals surface area contributed by atoms with Crippen molar-refractivity contribution in [1.82, 2.24) is 21.3 Å². The van der Waals surface area contributed by atoms with Crippen molar-refractivity contribution < 1.29 is 29.4 Å². The fourth-order valence-corrected chi connectivity index (χ4v) is 3.86. The van der Waals surface area contributed by atoms with Gasteiger partial charge in [-0.15, -0.1) is 0 Å². The quantitative estimate of drug-likeness (QED) is 0.247. The summed E-state index contributed by atoms with van der Waals surface area (Å²) in [6, 6.07) is 5.37. The largest absolute Gasteiger partial charge is 0.480 e. The number of carbonyl (C=O) groups is 4. The minimum Gasteiger partial charge on any atom is -0.480 e. The molecule has 6 N–H and O–H groups in total. The number of amides is 3. The maximum Gasteiger partial charge on any atom is 0.328 e. The van der Waals surface area contributed by atoms with Gasteiger partial charge in [-0.2, -0.15) is 0 Å². The molecule has 0 aliphatic carbocycles. The van der Waals surface area contributed by atoms with E-state index in [0.717, 1.165) is 18.5 Å². The maximum atomic E-state index is 13.3. The molecule has 0 spiro atoms. The first-order valence-electron chi connectivity index (χ1n) is 11.7. The molecule has 188 valence electrons. The molecule has 5 unspecified atom stereocenters. The third-order valence-electron chi connectivity index (χ3n) is 5.68. The van der Waals surface area contributed by atoms with Crippen LogP contribution in [0.4, 0.5) is 0 Å². The summed E-state index contributed by atoms with van der Waals surface area (Å²) in [5, 5.41) is 29.9. The van der Waals surface area contributed by atoms with Gasteiger partial charge < -0.3 is 31.5 Å². The summed E-state index contributed by atoms with van der Waals surface area (Å²) in [5.41, 5.74) is 0.840. The summed E-state index contributed by atoms with van der Waals surface area (Å²) in [6.45, 7) is 5.73. The van der Waals surface area contributed by atoms with Crippen molar-refractivity contribution in [1.29, 1.82) is 0 Å². The van der Waals surface area contributed by atoms with E-state index in [1.165, 1.54) is 6.92 Å². The average molecular weight is 477 g/mol. The van der Waals surface area contributed by atoms with Gasteiger partial charge in [0.05, 0.1) is 12.1 Å². The average Bonchev–Trinajstić information content (AvgIpc) is 3.31. The number of hydrogen-bond donors (Lipinski definition) is 6. The highest BCUT2D eigenvalue weighted by atomic mass is 16.4.